The second kappa shape index (κ2) is 4.41. The van der Waals surface area contributed by atoms with Crippen LogP contribution in [0.3, 0.4) is 0 Å². The average Bonchev–Trinajstić information content (AvgIpc) is 2.78. The van der Waals surface area contributed by atoms with E-state index in [1.165, 1.54) is 12.1 Å². The Balaban J connectivity index is 2.30. The average molecular weight is 231 g/mol. The summed E-state index contributed by atoms with van der Waals surface area (Å²) < 4.78 is 5.35. The Labute approximate surface area is 98.9 Å². The fourth-order valence-corrected chi connectivity index (χ4v) is 1.44. The minimum atomic E-state index is -0.938. The van der Waals surface area contributed by atoms with E-state index in [4.69, 9.17) is 9.52 Å². The lowest BCUT2D eigenvalue weighted by atomic mass is 10.1. The van der Waals surface area contributed by atoms with Crippen LogP contribution >= 0.6 is 0 Å². The number of carbonyl (C=O) groups is 1. The fraction of sp³-hybridized carbons (Fsp3) is 0.231. The van der Waals surface area contributed by atoms with Gasteiger partial charge >= 0.3 is 5.97 Å². The zero-order chi connectivity index (χ0) is 12.4. The van der Waals surface area contributed by atoms with Crippen molar-refractivity contribution >= 4 is 5.97 Å². The van der Waals surface area contributed by atoms with Gasteiger partial charge in [-0.25, -0.2) is 9.78 Å². The molecule has 0 spiro atoms. The van der Waals surface area contributed by atoms with Gasteiger partial charge in [-0.2, -0.15) is 0 Å². The summed E-state index contributed by atoms with van der Waals surface area (Å²) in [5.74, 6) is -0.108. The minimum absolute atomic E-state index is 0.254. The van der Waals surface area contributed by atoms with Crippen molar-refractivity contribution in [3.8, 4) is 11.5 Å². The molecule has 0 aliphatic heterocycles. The summed E-state index contributed by atoms with van der Waals surface area (Å²) >= 11 is 0. The molecule has 1 aromatic heterocycles. The lowest BCUT2D eigenvalue weighted by molar-refractivity contribution is 0.0697. The molecular formula is C13H13NO3. The molecule has 4 heteroatoms. The molecule has 4 nitrogen and oxygen atoms in total. The van der Waals surface area contributed by atoms with Gasteiger partial charge in [0.2, 0.25) is 5.89 Å². The third-order valence-corrected chi connectivity index (χ3v) is 2.49. The first kappa shape index (κ1) is 11.4. The number of nitrogens with zero attached hydrogens (tertiary/aromatic N) is 1. The summed E-state index contributed by atoms with van der Waals surface area (Å²) in [7, 11) is 0. The summed E-state index contributed by atoms with van der Waals surface area (Å²) in [4.78, 5) is 15.0. The number of hydrogen-bond donors (Lipinski definition) is 1. The van der Waals surface area contributed by atoms with Gasteiger partial charge in [-0.3, -0.25) is 0 Å². The number of benzene rings is 1. The minimum Gasteiger partial charge on any atom is -0.478 e. The Hall–Kier alpha value is -2.10. The first-order valence-electron chi connectivity index (χ1n) is 5.37. The number of rotatable bonds is 3. The zero-order valence-electron chi connectivity index (χ0n) is 9.68. The van der Waals surface area contributed by atoms with E-state index in [0.717, 1.165) is 11.3 Å². The molecule has 88 valence electrons. The molecule has 0 aliphatic carbocycles. The summed E-state index contributed by atoms with van der Waals surface area (Å²) in [6.07, 6.45) is 1.63. The van der Waals surface area contributed by atoms with Crippen molar-refractivity contribution in [3.63, 3.8) is 0 Å². The van der Waals surface area contributed by atoms with Crippen LogP contribution in [-0.2, 0) is 0 Å². The summed E-state index contributed by atoms with van der Waals surface area (Å²) in [6, 6.07) is 6.46. The van der Waals surface area contributed by atoms with E-state index in [1.807, 2.05) is 13.8 Å². The SMILES string of the molecule is CC(C)c1coc(-c2ccc(C(=O)O)cc2)n1. The molecule has 0 aliphatic rings. The predicted octanol–water partition coefficient (Wildman–Crippen LogP) is 3.16. The van der Waals surface area contributed by atoms with Crippen molar-refractivity contribution in [1.29, 1.82) is 0 Å². The molecule has 0 unspecified atom stereocenters. The van der Waals surface area contributed by atoms with Crippen LogP contribution in [0, 0.1) is 0 Å². The van der Waals surface area contributed by atoms with E-state index in [0.29, 0.717) is 11.8 Å². The van der Waals surface area contributed by atoms with Crippen LogP contribution in [-0.4, -0.2) is 16.1 Å². The number of hydrogen-bond acceptors (Lipinski definition) is 3. The number of aromatic carboxylic acids is 1. The maximum absolute atomic E-state index is 10.7. The maximum Gasteiger partial charge on any atom is 0.335 e. The maximum atomic E-state index is 10.7. The fourth-order valence-electron chi connectivity index (χ4n) is 1.44. The van der Waals surface area contributed by atoms with Crippen LogP contribution in [0.4, 0.5) is 0 Å². The molecule has 1 heterocycles. The van der Waals surface area contributed by atoms with Gasteiger partial charge in [-0.15, -0.1) is 0 Å². The van der Waals surface area contributed by atoms with Crippen LogP contribution in [0.2, 0.25) is 0 Å². The largest absolute Gasteiger partial charge is 0.478 e. The van der Waals surface area contributed by atoms with Crippen molar-refractivity contribution in [2.45, 2.75) is 19.8 Å². The zero-order valence-corrected chi connectivity index (χ0v) is 9.68. The Bertz CT molecular complexity index is 526. The van der Waals surface area contributed by atoms with Crippen LogP contribution in [0.15, 0.2) is 34.9 Å². The van der Waals surface area contributed by atoms with Crippen molar-refractivity contribution in [3.05, 3.63) is 41.8 Å². The monoisotopic (exact) mass is 231 g/mol. The second-order valence-corrected chi connectivity index (χ2v) is 4.11. The number of aromatic nitrogens is 1. The molecule has 0 bridgehead atoms. The van der Waals surface area contributed by atoms with Gasteiger partial charge < -0.3 is 9.52 Å². The van der Waals surface area contributed by atoms with Crippen LogP contribution in [0.5, 0.6) is 0 Å². The Morgan fingerprint density at radius 3 is 2.41 bits per heavy atom. The Morgan fingerprint density at radius 1 is 1.29 bits per heavy atom. The molecule has 1 aromatic carbocycles. The summed E-state index contributed by atoms with van der Waals surface area (Å²) in [5, 5.41) is 8.78. The normalized spacial score (nSPS) is 10.8. The van der Waals surface area contributed by atoms with Crippen LogP contribution < -0.4 is 0 Å². The molecule has 0 saturated heterocycles. The molecule has 1 N–H and O–H groups in total. The van der Waals surface area contributed by atoms with E-state index in [9.17, 15) is 4.79 Å². The first-order chi connectivity index (χ1) is 8.08. The van der Waals surface area contributed by atoms with Gasteiger partial charge in [-0.1, -0.05) is 13.8 Å². The smallest absolute Gasteiger partial charge is 0.335 e. The third-order valence-electron chi connectivity index (χ3n) is 2.49. The van der Waals surface area contributed by atoms with E-state index in [-0.39, 0.29) is 5.56 Å². The highest BCUT2D eigenvalue weighted by molar-refractivity contribution is 5.88. The highest BCUT2D eigenvalue weighted by Crippen LogP contribution is 2.22. The molecular weight excluding hydrogens is 218 g/mol. The van der Waals surface area contributed by atoms with E-state index in [1.54, 1.807) is 18.4 Å². The van der Waals surface area contributed by atoms with Gasteiger partial charge in [-0.05, 0) is 30.2 Å². The molecule has 0 saturated carbocycles. The number of carboxylic acid groups (broad SMARTS) is 1. The van der Waals surface area contributed by atoms with Crippen LogP contribution in [0.25, 0.3) is 11.5 Å². The third kappa shape index (κ3) is 2.36. The molecule has 17 heavy (non-hydrogen) atoms. The van der Waals surface area contributed by atoms with Gasteiger partial charge in [0.15, 0.2) is 0 Å². The number of oxazole rings is 1. The second-order valence-electron chi connectivity index (χ2n) is 4.11. The number of carboxylic acids is 1. The standard InChI is InChI=1S/C13H13NO3/c1-8(2)11-7-17-12(14-11)9-3-5-10(6-4-9)13(15)16/h3-8H,1-2H3,(H,15,16). The van der Waals surface area contributed by atoms with Gasteiger partial charge in [0.1, 0.15) is 6.26 Å². The highest BCUT2D eigenvalue weighted by Gasteiger charge is 2.10. The quantitative estimate of drug-likeness (QED) is 0.881. The van der Waals surface area contributed by atoms with E-state index in [2.05, 4.69) is 4.98 Å². The lowest BCUT2D eigenvalue weighted by Gasteiger charge is -1.97. The van der Waals surface area contributed by atoms with Crippen molar-refractivity contribution < 1.29 is 14.3 Å². The summed E-state index contributed by atoms with van der Waals surface area (Å²) in [6.45, 7) is 4.07. The van der Waals surface area contributed by atoms with Crippen molar-refractivity contribution in [2.75, 3.05) is 0 Å². The molecule has 0 fully saturated rings. The van der Waals surface area contributed by atoms with E-state index >= 15 is 0 Å². The van der Waals surface area contributed by atoms with Crippen molar-refractivity contribution in [2.24, 2.45) is 0 Å². The van der Waals surface area contributed by atoms with Crippen LogP contribution in [0.1, 0.15) is 35.8 Å². The van der Waals surface area contributed by atoms with Crippen molar-refractivity contribution in [1.82, 2.24) is 4.98 Å². The topological polar surface area (TPSA) is 63.3 Å². The molecule has 0 amide bonds. The van der Waals surface area contributed by atoms with Gasteiger partial charge in [0, 0.05) is 5.56 Å². The predicted molar refractivity (Wildman–Crippen MR) is 63.0 cm³/mol. The Kier molecular flexibility index (Phi) is 2.95. The Morgan fingerprint density at radius 2 is 1.94 bits per heavy atom. The van der Waals surface area contributed by atoms with Gasteiger partial charge in [0.05, 0.1) is 11.3 Å². The summed E-state index contributed by atoms with van der Waals surface area (Å²) in [5.41, 5.74) is 1.92. The first-order valence-corrected chi connectivity index (χ1v) is 5.37. The molecule has 0 atom stereocenters. The lowest BCUT2D eigenvalue weighted by Crippen LogP contribution is -1.95. The highest BCUT2D eigenvalue weighted by atomic mass is 16.4. The molecule has 2 aromatic rings. The van der Waals surface area contributed by atoms with Gasteiger partial charge in [0.25, 0.3) is 0 Å². The molecule has 0 radical (unpaired) electrons. The molecule has 2 rings (SSSR count). The van der Waals surface area contributed by atoms with E-state index < -0.39 is 5.97 Å².